The maximum Gasteiger partial charge on any atom is 0.247 e. The largest absolute Gasteiger partial charge is 0.382 e. The third kappa shape index (κ3) is 4.46. The van der Waals surface area contributed by atoms with Crippen LogP contribution in [0.3, 0.4) is 0 Å². The van der Waals surface area contributed by atoms with E-state index in [9.17, 15) is 4.79 Å². The Balaban J connectivity index is 1.64. The predicted octanol–water partition coefficient (Wildman–Crippen LogP) is 4.53. The second-order valence-electron chi connectivity index (χ2n) is 7.59. The van der Waals surface area contributed by atoms with Crippen LogP contribution in [-0.4, -0.2) is 42.0 Å². The molecule has 1 amide bonds. The van der Waals surface area contributed by atoms with E-state index in [4.69, 9.17) is 0 Å². The van der Waals surface area contributed by atoms with E-state index in [1.165, 1.54) is 6.08 Å². The Bertz CT molecular complexity index is 1040. The molecule has 0 radical (unpaired) electrons. The smallest absolute Gasteiger partial charge is 0.247 e. The number of amides is 1. The van der Waals surface area contributed by atoms with Gasteiger partial charge in [-0.05, 0) is 63.3 Å². The summed E-state index contributed by atoms with van der Waals surface area (Å²) in [7, 11) is 2.18. The Morgan fingerprint density at radius 2 is 1.97 bits per heavy atom. The van der Waals surface area contributed by atoms with Crippen molar-refractivity contribution in [1.82, 2.24) is 9.88 Å². The van der Waals surface area contributed by atoms with E-state index in [0.29, 0.717) is 6.04 Å². The van der Waals surface area contributed by atoms with Crippen molar-refractivity contribution in [2.45, 2.75) is 18.9 Å². The van der Waals surface area contributed by atoms with Gasteiger partial charge < -0.3 is 15.5 Å². The van der Waals surface area contributed by atoms with E-state index >= 15 is 0 Å². The Labute approximate surface area is 171 Å². The monoisotopic (exact) mass is 386 g/mol. The molecule has 0 aliphatic carbocycles. The molecule has 0 saturated carbocycles. The summed E-state index contributed by atoms with van der Waals surface area (Å²) >= 11 is 0. The minimum atomic E-state index is -0.224. The predicted molar refractivity (Wildman–Crippen MR) is 120 cm³/mol. The molecule has 2 heterocycles. The number of hydrogen-bond acceptors (Lipinski definition) is 4. The molecule has 5 nitrogen and oxygen atoms in total. The van der Waals surface area contributed by atoms with Crippen molar-refractivity contribution in [3.63, 3.8) is 0 Å². The van der Waals surface area contributed by atoms with Crippen LogP contribution in [0.1, 0.15) is 12.8 Å². The van der Waals surface area contributed by atoms with E-state index in [1.807, 2.05) is 30.5 Å². The van der Waals surface area contributed by atoms with Gasteiger partial charge in [0.2, 0.25) is 5.91 Å². The standard InChI is InChI=1S/C24H26N4O/c1-3-24(29)27-20-8-4-6-17(14-20)23-15-21-18(16-25-23)7-5-9-22(21)26-19-10-12-28(2)13-11-19/h3-9,14-16,19,26H,1,10-13H2,2H3,(H,27,29). The summed E-state index contributed by atoms with van der Waals surface area (Å²) in [6, 6.07) is 16.6. The third-order valence-electron chi connectivity index (χ3n) is 5.45. The summed E-state index contributed by atoms with van der Waals surface area (Å²) in [5.41, 5.74) is 3.72. The van der Waals surface area contributed by atoms with Crippen LogP contribution in [0.25, 0.3) is 22.0 Å². The van der Waals surface area contributed by atoms with Gasteiger partial charge >= 0.3 is 0 Å². The van der Waals surface area contributed by atoms with Crippen LogP contribution in [0.4, 0.5) is 11.4 Å². The molecule has 2 aromatic carbocycles. The van der Waals surface area contributed by atoms with Gasteiger partial charge in [0.05, 0.1) is 5.69 Å². The molecule has 148 valence electrons. The maximum absolute atomic E-state index is 11.6. The summed E-state index contributed by atoms with van der Waals surface area (Å²) in [6.07, 6.45) is 5.48. The fraction of sp³-hybridized carbons (Fsp3) is 0.250. The van der Waals surface area contributed by atoms with Crippen LogP contribution in [0, 0.1) is 0 Å². The molecule has 0 atom stereocenters. The van der Waals surface area contributed by atoms with Crippen molar-refractivity contribution in [3.05, 3.63) is 67.4 Å². The van der Waals surface area contributed by atoms with Gasteiger partial charge in [0.1, 0.15) is 0 Å². The van der Waals surface area contributed by atoms with E-state index in [0.717, 1.165) is 59.3 Å². The number of nitrogens with zero attached hydrogens (tertiary/aromatic N) is 2. The van der Waals surface area contributed by atoms with Crippen molar-refractivity contribution in [1.29, 1.82) is 0 Å². The van der Waals surface area contributed by atoms with Crippen molar-refractivity contribution in [2.24, 2.45) is 0 Å². The van der Waals surface area contributed by atoms with Crippen molar-refractivity contribution < 1.29 is 4.79 Å². The topological polar surface area (TPSA) is 57.3 Å². The number of benzene rings is 2. The first-order valence-electron chi connectivity index (χ1n) is 10.00. The highest BCUT2D eigenvalue weighted by molar-refractivity contribution is 5.99. The number of nitrogens with one attached hydrogen (secondary N) is 2. The zero-order chi connectivity index (χ0) is 20.2. The fourth-order valence-electron chi connectivity index (χ4n) is 3.78. The molecule has 29 heavy (non-hydrogen) atoms. The number of fused-ring (bicyclic) bond motifs is 1. The van der Waals surface area contributed by atoms with E-state index in [-0.39, 0.29) is 5.91 Å². The number of anilines is 2. The molecule has 0 unspecified atom stereocenters. The Morgan fingerprint density at radius 1 is 1.17 bits per heavy atom. The zero-order valence-corrected chi connectivity index (χ0v) is 16.7. The number of carbonyl (C=O) groups is 1. The third-order valence-corrected chi connectivity index (χ3v) is 5.45. The Kier molecular flexibility index (Phi) is 5.58. The van der Waals surface area contributed by atoms with Crippen LogP contribution in [0.15, 0.2) is 67.4 Å². The molecule has 2 N–H and O–H groups in total. The molecule has 0 bridgehead atoms. The molecule has 1 fully saturated rings. The lowest BCUT2D eigenvalue weighted by Crippen LogP contribution is -2.36. The highest BCUT2D eigenvalue weighted by Crippen LogP contribution is 2.30. The average molecular weight is 386 g/mol. The van der Waals surface area contributed by atoms with Gasteiger partial charge in [0.25, 0.3) is 0 Å². The molecule has 1 aliphatic heterocycles. The summed E-state index contributed by atoms with van der Waals surface area (Å²) in [4.78, 5) is 18.6. The van der Waals surface area contributed by atoms with Gasteiger partial charge in [-0.3, -0.25) is 9.78 Å². The van der Waals surface area contributed by atoms with Gasteiger partial charge in [-0.2, -0.15) is 0 Å². The number of pyridine rings is 1. The molecule has 1 aliphatic rings. The van der Waals surface area contributed by atoms with Crippen LogP contribution in [-0.2, 0) is 4.79 Å². The number of aromatic nitrogens is 1. The molecular formula is C24H26N4O. The van der Waals surface area contributed by atoms with E-state index < -0.39 is 0 Å². The molecular weight excluding hydrogens is 360 g/mol. The second kappa shape index (κ2) is 8.45. The molecule has 0 spiro atoms. The number of rotatable bonds is 5. The fourth-order valence-corrected chi connectivity index (χ4v) is 3.78. The van der Waals surface area contributed by atoms with Crippen molar-refractivity contribution >= 4 is 28.1 Å². The average Bonchev–Trinajstić information content (AvgIpc) is 2.75. The first-order valence-corrected chi connectivity index (χ1v) is 10.00. The van der Waals surface area contributed by atoms with Crippen LogP contribution >= 0.6 is 0 Å². The first-order chi connectivity index (χ1) is 14.1. The quantitative estimate of drug-likeness (QED) is 0.633. The van der Waals surface area contributed by atoms with E-state index in [2.05, 4.69) is 58.4 Å². The normalized spacial score (nSPS) is 15.2. The summed E-state index contributed by atoms with van der Waals surface area (Å²) in [5, 5.41) is 8.83. The van der Waals surface area contributed by atoms with E-state index in [1.54, 1.807) is 0 Å². The summed E-state index contributed by atoms with van der Waals surface area (Å²) in [6.45, 7) is 5.75. The summed E-state index contributed by atoms with van der Waals surface area (Å²) < 4.78 is 0. The maximum atomic E-state index is 11.6. The van der Waals surface area contributed by atoms with Gasteiger partial charge in [-0.25, -0.2) is 0 Å². The zero-order valence-electron chi connectivity index (χ0n) is 16.7. The van der Waals surface area contributed by atoms with Gasteiger partial charge in [-0.1, -0.05) is 30.8 Å². The van der Waals surface area contributed by atoms with Crippen molar-refractivity contribution in [2.75, 3.05) is 30.8 Å². The molecule has 3 aromatic rings. The lowest BCUT2D eigenvalue weighted by Gasteiger charge is -2.30. The Hall–Kier alpha value is -3.18. The second-order valence-corrected chi connectivity index (χ2v) is 7.59. The minimum Gasteiger partial charge on any atom is -0.382 e. The van der Waals surface area contributed by atoms with Gasteiger partial charge in [-0.15, -0.1) is 0 Å². The number of hydrogen-bond donors (Lipinski definition) is 2. The van der Waals surface area contributed by atoms with Crippen LogP contribution < -0.4 is 10.6 Å². The van der Waals surface area contributed by atoms with Gasteiger partial charge in [0.15, 0.2) is 0 Å². The number of carbonyl (C=O) groups excluding carboxylic acids is 1. The number of likely N-dealkylation sites (tertiary alicyclic amines) is 1. The molecule has 5 heteroatoms. The number of piperidine rings is 1. The first kappa shape index (κ1) is 19.2. The van der Waals surface area contributed by atoms with Crippen LogP contribution in [0.5, 0.6) is 0 Å². The molecule has 4 rings (SSSR count). The minimum absolute atomic E-state index is 0.224. The van der Waals surface area contributed by atoms with Crippen LogP contribution in [0.2, 0.25) is 0 Å². The van der Waals surface area contributed by atoms with Crippen molar-refractivity contribution in [3.8, 4) is 11.3 Å². The molecule has 1 saturated heterocycles. The SMILES string of the molecule is C=CC(=O)Nc1cccc(-c2cc3c(NC4CCN(C)CC4)cccc3cn2)c1. The van der Waals surface area contributed by atoms with Gasteiger partial charge in [0, 0.05) is 39.9 Å². The lowest BCUT2D eigenvalue weighted by molar-refractivity contribution is -0.111. The highest BCUT2D eigenvalue weighted by Gasteiger charge is 2.17. The highest BCUT2D eigenvalue weighted by atomic mass is 16.1. The molecule has 1 aromatic heterocycles. The lowest BCUT2D eigenvalue weighted by atomic mass is 10.0. The summed E-state index contributed by atoms with van der Waals surface area (Å²) in [5.74, 6) is -0.224. The Morgan fingerprint density at radius 3 is 2.76 bits per heavy atom.